The smallest absolute Gasteiger partial charge is 0.261 e. The molecule has 174 valence electrons. The lowest BCUT2D eigenvalue weighted by molar-refractivity contribution is 0.0544. The topological polar surface area (TPSA) is 85.4 Å². The zero-order chi connectivity index (χ0) is 22.7. The molecular formula is C25H30N4O3S. The number of hydrogen-bond donors (Lipinski definition) is 2. The third kappa shape index (κ3) is 4.60. The Balaban J connectivity index is 1.37. The van der Waals surface area contributed by atoms with Crippen LogP contribution in [0, 0.1) is 6.92 Å². The number of anilines is 1. The molecule has 2 aliphatic heterocycles. The van der Waals surface area contributed by atoms with Gasteiger partial charge in [0.1, 0.15) is 17.0 Å². The number of aryl methyl sites for hydroxylation is 1. The van der Waals surface area contributed by atoms with Gasteiger partial charge in [0.05, 0.1) is 16.4 Å². The Morgan fingerprint density at radius 1 is 1.18 bits per heavy atom. The van der Waals surface area contributed by atoms with Crippen molar-refractivity contribution in [2.45, 2.75) is 44.1 Å². The molecule has 2 fully saturated rings. The van der Waals surface area contributed by atoms with Gasteiger partial charge in [0.25, 0.3) is 5.91 Å². The molecule has 33 heavy (non-hydrogen) atoms. The van der Waals surface area contributed by atoms with E-state index in [-0.39, 0.29) is 17.4 Å². The highest BCUT2D eigenvalue weighted by Gasteiger charge is 2.34. The van der Waals surface area contributed by atoms with E-state index < -0.39 is 0 Å². The minimum absolute atomic E-state index is 0.0117. The number of thiophene rings is 1. The number of fused-ring (bicyclic) bond motifs is 1. The molecule has 2 aliphatic rings. The van der Waals surface area contributed by atoms with E-state index in [4.69, 9.17) is 9.47 Å². The molecular weight excluding hydrogens is 436 g/mol. The van der Waals surface area contributed by atoms with Gasteiger partial charge in [-0.1, -0.05) is 30.3 Å². The van der Waals surface area contributed by atoms with E-state index in [1.54, 1.807) is 6.33 Å². The second-order valence-electron chi connectivity index (χ2n) is 8.92. The van der Waals surface area contributed by atoms with Crippen LogP contribution < -0.4 is 10.6 Å². The first-order valence-electron chi connectivity index (χ1n) is 11.7. The minimum Gasteiger partial charge on any atom is -0.381 e. The Hall–Kier alpha value is -2.55. The van der Waals surface area contributed by atoms with Gasteiger partial charge in [-0.2, -0.15) is 0 Å². The molecule has 2 N–H and O–H groups in total. The first kappa shape index (κ1) is 22.3. The Bertz CT molecular complexity index is 1110. The maximum absolute atomic E-state index is 12.9. The normalized spacial score (nSPS) is 20.1. The molecule has 5 rings (SSSR count). The molecule has 0 radical (unpaired) electrons. The first-order chi connectivity index (χ1) is 16.2. The Labute approximate surface area is 197 Å². The number of nitrogens with zero attached hydrogens (tertiary/aromatic N) is 2. The van der Waals surface area contributed by atoms with Gasteiger partial charge in [0, 0.05) is 38.3 Å². The van der Waals surface area contributed by atoms with E-state index in [0.29, 0.717) is 11.4 Å². The van der Waals surface area contributed by atoms with E-state index >= 15 is 0 Å². The molecule has 0 aliphatic carbocycles. The van der Waals surface area contributed by atoms with Gasteiger partial charge in [-0.05, 0) is 43.7 Å². The maximum Gasteiger partial charge on any atom is 0.261 e. The van der Waals surface area contributed by atoms with Gasteiger partial charge in [-0.3, -0.25) is 4.79 Å². The minimum atomic E-state index is -0.0675. The van der Waals surface area contributed by atoms with Crippen molar-refractivity contribution in [1.82, 2.24) is 15.3 Å². The largest absolute Gasteiger partial charge is 0.381 e. The monoisotopic (exact) mass is 466 g/mol. The maximum atomic E-state index is 12.9. The van der Waals surface area contributed by atoms with Crippen molar-refractivity contribution >= 4 is 33.3 Å². The fourth-order valence-electron chi connectivity index (χ4n) is 4.89. The predicted octanol–water partition coefficient (Wildman–Crippen LogP) is 4.07. The summed E-state index contributed by atoms with van der Waals surface area (Å²) in [6.07, 6.45) is 5.67. The number of carbonyl (C=O) groups excluding carboxylic acids is 1. The van der Waals surface area contributed by atoms with E-state index in [1.807, 2.05) is 6.92 Å². The van der Waals surface area contributed by atoms with Gasteiger partial charge >= 0.3 is 0 Å². The zero-order valence-electron chi connectivity index (χ0n) is 18.9. The molecule has 8 heteroatoms. The first-order valence-corrected chi connectivity index (χ1v) is 12.5. The zero-order valence-corrected chi connectivity index (χ0v) is 19.7. The van der Waals surface area contributed by atoms with Crippen molar-refractivity contribution in [3.63, 3.8) is 0 Å². The Morgan fingerprint density at radius 2 is 2.00 bits per heavy atom. The number of amides is 1. The molecule has 0 unspecified atom stereocenters. The molecule has 1 aromatic carbocycles. The summed E-state index contributed by atoms with van der Waals surface area (Å²) < 4.78 is 11.3. The van der Waals surface area contributed by atoms with E-state index in [9.17, 15) is 4.79 Å². The standard InChI is InChI=1S/C25H30N4O3S/c1-17-20-22(27-15-25(9-12-31-13-10-25)18-6-3-2-4-7-18)28-16-29-24(20)33-21(17)23(30)26-14-19-8-5-11-32-19/h2-4,6-7,16,19H,5,8-15H2,1H3,(H,26,30)(H,27,28,29)/t19-/m0/s1. The summed E-state index contributed by atoms with van der Waals surface area (Å²) in [6, 6.07) is 10.7. The number of ether oxygens (including phenoxy) is 2. The highest BCUT2D eigenvalue weighted by atomic mass is 32.1. The summed E-state index contributed by atoms with van der Waals surface area (Å²) in [6.45, 7) is 5.57. The summed E-state index contributed by atoms with van der Waals surface area (Å²) in [7, 11) is 0. The quantitative estimate of drug-likeness (QED) is 0.546. The van der Waals surface area contributed by atoms with Crippen LogP contribution in [0.15, 0.2) is 36.7 Å². The Morgan fingerprint density at radius 3 is 2.76 bits per heavy atom. The Kier molecular flexibility index (Phi) is 6.57. The molecule has 0 spiro atoms. The molecule has 2 aromatic heterocycles. The van der Waals surface area contributed by atoms with Gasteiger partial charge in [-0.25, -0.2) is 9.97 Å². The second-order valence-corrected chi connectivity index (χ2v) is 9.92. The van der Waals surface area contributed by atoms with Crippen molar-refractivity contribution < 1.29 is 14.3 Å². The lowest BCUT2D eigenvalue weighted by Gasteiger charge is -2.38. The van der Waals surface area contributed by atoms with Crippen LogP contribution in [-0.2, 0) is 14.9 Å². The van der Waals surface area contributed by atoms with Gasteiger partial charge < -0.3 is 20.1 Å². The fraction of sp³-hybridized carbons (Fsp3) is 0.480. The second kappa shape index (κ2) is 9.75. The lowest BCUT2D eigenvalue weighted by atomic mass is 9.74. The van der Waals surface area contributed by atoms with Crippen LogP contribution in [0.25, 0.3) is 10.2 Å². The van der Waals surface area contributed by atoms with Crippen molar-refractivity contribution in [2.75, 3.05) is 38.2 Å². The van der Waals surface area contributed by atoms with Gasteiger partial charge in [0.15, 0.2) is 0 Å². The predicted molar refractivity (Wildman–Crippen MR) is 130 cm³/mol. The highest BCUT2D eigenvalue weighted by Crippen LogP contribution is 2.37. The number of rotatable bonds is 7. The van der Waals surface area contributed by atoms with Crippen molar-refractivity contribution in [1.29, 1.82) is 0 Å². The van der Waals surface area contributed by atoms with E-state index in [2.05, 4.69) is 50.9 Å². The number of carbonyl (C=O) groups is 1. The number of aromatic nitrogens is 2. The van der Waals surface area contributed by atoms with Crippen molar-refractivity contribution in [3.8, 4) is 0 Å². The SMILES string of the molecule is Cc1c(C(=O)NC[C@@H]2CCCO2)sc2ncnc(NCC3(c4ccccc4)CCOCC3)c12. The van der Waals surface area contributed by atoms with Gasteiger partial charge in [-0.15, -0.1) is 11.3 Å². The van der Waals surface area contributed by atoms with Crippen LogP contribution in [0.2, 0.25) is 0 Å². The third-order valence-electron chi connectivity index (χ3n) is 6.88. The molecule has 0 saturated carbocycles. The van der Waals surface area contributed by atoms with Crippen molar-refractivity contribution in [2.24, 2.45) is 0 Å². The molecule has 0 bridgehead atoms. The van der Waals surface area contributed by atoms with E-state index in [0.717, 1.165) is 73.6 Å². The summed E-state index contributed by atoms with van der Waals surface area (Å²) in [4.78, 5) is 23.4. The summed E-state index contributed by atoms with van der Waals surface area (Å²) in [5, 5.41) is 7.58. The lowest BCUT2D eigenvalue weighted by Crippen LogP contribution is -2.40. The fourth-order valence-corrected chi connectivity index (χ4v) is 5.95. The summed E-state index contributed by atoms with van der Waals surface area (Å²) >= 11 is 1.42. The highest BCUT2D eigenvalue weighted by molar-refractivity contribution is 7.20. The average Bonchev–Trinajstić information content (AvgIpc) is 3.51. The molecule has 4 heterocycles. The molecule has 7 nitrogen and oxygen atoms in total. The van der Waals surface area contributed by atoms with Crippen LogP contribution in [0.3, 0.4) is 0 Å². The number of hydrogen-bond acceptors (Lipinski definition) is 7. The van der Waals surface area contributed by atoms with Crippen LogP contribution >= 0.6 is 11.3 Å². The molecule has 2 saturated heterocycles. The molecule has 1 amide bonds. The van der Waals surface area contributed by atoms with Crippen LogP contribution in [0.4, 0.5) is 5.82 Å². The third-order valence-corrected chi connectivity index (χ3v) is 8.08. The number of benzene rings is 1. The summed E-state index contributed by atoms with van der Waals surface area (Å²) in [5.74, 6) is 0.718. The van der Waals surface area contributed by atoms with Crippen LogP contribution in [-0.4, -0.2) is 54.9 Å². The van der Waals surface area contributed by atoms with Crippen molar-refractivity contribution in [3.05, 3.63) is 52.7 Å². The summed E-state index contributed by atoms with van der Waals surface area (Å²) in [5.41, 5.74) is 2.23. The average molecular weight is 467 g/mol. The van der Waals surface area contributed by atoms with Crippen LogP contribution in [0.5, 0.6) is 0 Å². The molecule has 3 aromatic rings. The number of nitrogens with one attached hydrogen (secondary N) is 2. The van der Waals surface area contributed by atoms with Gasteiger partial charge in [0.2, 0.25) is 0 Å². The van der Waals surface area contributed by atoms with E-state index in [1.165, 1.54) is 16.9 Å². The van der Waals surface area contributed by atoms with Crippen LogP contribution in [0.1, 0.15) is 46.5 Å². The molecule has 1 atom stereocenters.